The van der Waals surface area contributed by atoms with Crippen molar-refractivity contribution in [2.24, 2.45) is 5.92 Å². The number of sulfonamides is 1. The van der Waals surface area contributed by atoms with Crippen LogP contribution in [0.25, 0.3) is 10.8 Å². The SMILES string of the molecule is Cc1ccc(NC(=O)C2CCN(C(=O)c3cccc4ccccc34)CC2)cc1S(=O)(=O)N(C)C. The van der Waals surface area contributed by atoms with E-state index in [2.05, 4.69) is 5.32 Å². The van der Waals surface area contributed by atoms with Crippen LogP contribution in [0.1, 0.15) is 28.8 Å². The highest BCUT2D eigenvalue weighted by atomic mass is 32.2. The standard InChI is InChI=1S/C26H29N3O4S/c1-18-11-12-21(17-24(18)34(32,33)28(2)3)27-25(30)20-13-15-29(16-14-20)26(31)23-10-6-8-19-7-4-5-9-22(19)23/h4-12,17,20H,13-16H2,1-3H3,(H,27,30). The molecule has 3 aromatic carbocycles. The molecule has 1 N–H and O–H groups in total. The van der Waals surface area contributed by atoms with Gasteiger partial charge in [0.2, 0.25) is 15.9 Å². The largest absolute Gasteiger partial charge is 0.339 e. The van der Waals surface area contributed by atoms with Gasteiger partial charge < -0.3 is 10.2 Å². The summed E-state index contributed by atoms with van der Waals surface area (Å²) in [6.45, 7) is 2.72. The van der Waals surface area contributed by atoms with Crippen molar-refractivity contribution in [2.75, 3.05) is 32.5 Å². The molecule has 1 fully saturated rings. The zero-order valence-corrected chi connectivity index (χ0v) is 20.4. The molecule has 0 radical (unpaired) electrons. The Morgan fingerprint density at radius 3 is 2.35 bits per heavy atom. The van der Waals surface area contributed by atoms with Gasteiger partial charge in [-0.1, -0.05) is 42.5 Å². The van der Waals surface area contributed by atoms with Gasteiger partial charge in [-0.15, -0.1) is 0 Å². The molecule has 4 rings (SSSR count). The normalized spacial score (nSPS) is 15.0. The van der Waals surface area contributed by atoms with Gasteiger partial charge in [0.15, 0.2) is 0 Å². The molecule has 34 heavy (non-hydrogen) atoms. The number of anilines is 1. The van der Waals surface area contributed by atoms with E-state index in [1.54, 1.807) is 24.0 Å². The molecule has 0 aromatic heterocycles. The summed E-state index contributed by atoms with van der Waals surface area (Å²) in [5, 5.41) is 4.82. The number of benzene rings is 3. The maximum atomic E-state index is 13.2. The van der Waals surface area contributed by atoms with Crippen LogP contribution in [0.5, 0.6) is 0 Å². The van der Waals surface area contributed by atoms with Gasteiger partial charge in [0, 0.05) is 44.4 Å². The van der Waals surface area contributed by atoms with Crippen molar-refractivity contribution >= 4 is 38.3 Å². The molecule has 0 bridgehead atoms. The van der Waals surface area contributed by atoms with Gasteiger partial charge in [0.25, 0.3) is 5.91 Å². The molecular formula is C26H29N3O4S. The monoisotopic (exact) mass is 479 g/mol. The second-order valence-electron chi connectivity index (χ2n) is 8.85. The maximum Gasteiger partial charge on any atom is 0.254 e. The molecule has 8 heteroatoms. The molecule has 0 atom stereocenters. The molecule has 178 valence electrons. The molecule has 0 unspecified atom stereocenters. The fourth-order valence-electron chi connectivity index (χ4n) is 4.32. The summed E-state index contributed by atoms with van der Waals surface area (Å²) in [6, 6.07) is 18.5. The van der Waals surface area contributed by atoms with Crippen molar-refractivity contribution in [3.63, 3.8) is 0 Å². The fraction of sp³-hybridized carbons (Fsp3) is 0.308. The van der Waals surface area contributed by atoms with Gasteiger partial charge in [-0.05, 0) is 54.3 Å². The Hall–Kier alpha value is -3.23. The number of nitrogens with one attached hydrogen (secondary N) is 1. The first-order valence-electron chi connectivity index (χ1n) is 11.3. The zero-order chi connectivity index (χ0) is 24.5. The number of likely N-dealkylation sites (tertiary alicyclic amines) is 1. The van der Waals surface area contributed by atoms with Gasteiger partial charge in [-0.2, -0.15) is 0 Å². The van der Waals surface area contributed by atoms with Crippen molar-refractivity contribution in [3.05, 3.63) is 71.8 Å². The summed E-state index contributed by atoms with van der Waals surface area (Å²) in [5.41, 5.74) is 1.74. The van der Waals surface area contributed by atoms with E-state index >= 15 is 0 Å². The first kappa shape index (κ1) is 23.9. The summed E-state index contributed by atoms with van der Waals surface area (Å²) >= 11 is 0. The minimum Gasteiger partial charge on any atom is -0.339 e. The van der Waals surface area contributed by atoms with E-state index in [1.807, 2.05) is 42.5 Å². The number of carbonyl (C=O) groups is 2. The van der Waals surface area contributed by atoms with E-state index < -0.39 is 10.0 Å². The van der Waals surface area contributed by atoms with Crippen LogP contribution >= 0.6 is 0 Å². The Kier molecular flexibility index (Phi) is 6.72. The van der Waals surface area contributed by atoms with Crippen molar-refractivity contribution in [1.82, 2.24) is 9.21 Å². The Balaban J connectivity index is 1.42. The molecule has 1 saturated heterocycles. The quantitative estimate of drug-likeness (QED) is 0.602. The van der Waals surface area contributed by atoms with Gasteiger partial charge in [-0.3, -0.25) is 9.59 Å². The number of fused-ring (bicyclic) bond motifs is 1. The predicted molar refractivity (Wildman–Crippen MR) is 133 cm³/mol. The number of aryl methyl sites for hydroxylation is 1. The average Bonchev–Trinajstić information content (AvgIpc) is 2.84. The van der Waals surface area contributed by atoms with Crippen LogP contribution in [0.4, 0.5) is 5.69 Å². The lowest BCUT2D eigenvalue weighted by atomic mass is 9.94. The van der Waals surface area contributed by atoms with E-state index in [0.717, 1.165) is 15.1 Å². The minimum atomic E-state index is -3.61. The van der Waals surface area contributed by atoms with Crippen LogP contribution in [0.3, 0.4) is 0 Å². The summed E-state index contributed by atoms with van der Waals surface area (Å²) in [6.07, 6.45) is 1.11. The highest BCUT2D eigenvalue weighted by Gasteiger charge is 2.29. The number of amides is 2. The molecule has 7 nitrogen and oxygen atoms in total. The van der Waals surface area contributed by atoms with Crippen LogP contribution in [0.15, 0.2) is 65.6 Å². The van der Waals surface area contributed by atoms with E-state index in [4.69, 9.17) is 0 Å². The third-order valence-corrected chi connectivity index (χ3v) is 8.34. The molecule has 0 saturated carbocycles. The highest BCUT2D eigenvalue weighted by Crippen LogP contribution is 2.26. The Morgan fingerprint density at radius 1 is 0.971 bits per heavy atom. The maximum absolute atomic E-state index is 13.2. The number of rotatable bonds is 5. The Morgan fingerprint density at radius 2 is 1.65 bits per heavy atom. The number of hydrogen-bond acceptors (Lipinski definition) is 4. The van der Waals surface area contributed by atoms with Crippen molar-refractivity contribution < 1.29 is 18.0 Å². The second kappa shape index (κ2) is 9.56. The van der Waals surface area contributed by atoms with Crippen LogP contribution in [0.2, 0.25) is 0 Å². The third kappa shape index (κ3) is 4.69. The van der Waals surface area contributed by atoms with Crippen molar-refractivity contribution in [2.45, 2.75) is 24.7 Å². The third-order valence-electron chi connectivity index (χ3n) is 6.39. The topological polar surface area (TPSA) is 86.8 Å². The molecule has 1 aliphatic rings. The zero-order valence-electron chi connectivity index (χ0n) is 19.6. The second-order valence-corrected chi connectivity index (χ2v) is 11.0. The smallest absolute Gasteiger partial charge is 0.254 e. The van der Waals surface area contributed by atoms with Crippen LogP contribution < -0.4 is 5.32 Å². The van der Waals surface area contributed by atoms with Gasteiger partial charge in [0.1, 0.15) is 0 Å². The molecule has 2 amide bonds. The molecule has 1 heterocycles. The molecular weight excluding hydrogens is 450 g/mol. The minimum absolute atomic E-state index is 0.0206. The van der Waals surface area contributed by atoms with Gasteiger partial charge in [-0.25, -0.2) is 12.7 Å². The van der Waals surface area contributed by atoms with Crippen LogP contribution in [0, 0.1) is 12.8 Å². The highest BCUT2D eigenvalue weighted by molar-refractivity contribution is 7.89. The van der Waals surface area contributed by atoms with Gasteiger partial charge in [0.05, 0.1) is 4.90 Å². The lowest BCUT2D eigenvalue weighted by Crippen LogP contribution is -2.41. The predicted octanol–water partition coefficient (Wildman–Crippen LogP) is 3.89. The van der Waals surface area contributed by atoms with E-state index in [1.165, 1.54) is 20.2 Å². The van der Waals surface area contributed by atoms with E-state index in [9.17, 15) is 18.0 Å². The molecule has 1 aliphatic heterocycles. The van der Waals surface area contributed by atoms with Crippen LogP contribution in [-0.4, -0.2) is 56.6 Å². The van der Waals surface area contributed by atoms with Gasteiger partial charge >= 0.3 is 0 Å². The fourth-order valence-corrected chi connectivity index (χ4v) is 5.47. The van der Waals surface area contributed by atoms with E-state index in [0.29, 0.717) is 42.7 Å². The van der Waals surface area contributed by atoms with E-state index in [-0.39, 0.29) is 22.6 Å². The first-order valence-corrected chi connectivity index (χ1v) is 12.7. The average molecular weight is 480 g/mol. The summed E-state index contributed by atoms with van der Waals surface area (Å²) in [4.78, 5) is 28.0. The first-order chi connectivity index (χ1) is 16.2. The molecule has 0 aliphatic carbocycles. The number of carbonyl (C=O) groups excluding carboxylic acids is 2. The van der Waals surface area contributed by atoms with Crippen molar-refractivity contribution in [3.8, 4) is 0 Å². The Bertz CT molecular complexity index is 1340. The summed E-state index contributed by atoms with van der Waals surface area (Å²) in [7, 11) is -0.653. The number of nitrogens with zero attached hydrogens (tertiary/aromatic N) is 2. The summed E-state index contributed by atoms with van der Waals surface area (Å²) in [5.74, 6) is -0.422. The van der Waals surface area contributed by atoms with Crippen LogP contribution in [-0.2, 0) is 14.8 Å². The van der Waals surface area contributed by atoms with Crippen molar-refractivity contribution in [1.29, 1.82) is 0 Å². The Labute approximate surface area is 200 Å². The summed E-state index contributed by atoms with van der Waals surface area (Å²) < 4.78 is 26.3. The number of hydrogen-bond donors (Lipinski definition) is 1. The lowest BCUT2D eigenvalue weighted by molar-refractivity contribution is -0.121. The molecule has 0 spiro atoms. The number of piperidine rings is 1. The molecule has 3 aromatic rings. The lowest BCUT2D eigenvalue weighted by Gasteiger charge is -2.31.